The fourth-order valence-electron chi connectivity index (χ4n) is 0.932. The highest BCUT2D eigenvalue weighted by Crippen LogP contribution is 2.23. The van der Waals surface area contributed by atoms with Gasteiger partial charge in [0.15, 0.2) is 0 Å². The van der Waals surface area contributed by atoms with E-state index in [0.717, 1.165) is 24.3 Å². The van der Waals surface area contributed by atoms with Crippen molar-refractivity contribution in [3.8, 4) is 5.75 Å². The zero-order valence-electron chi connectivity index (χ0n) is 7.98. The van der Waals surface area contributed by atoms with Crippen molar-refractivity contribution >= 4 is 17.6 Å². The van der Waals surface area contributed by atoms with E-state index in [9.17, 15) is 19.1 Å². The highest BCUT2D eigenvalue weighted by atomic mass is 19.1. The molecule has 0 aliphatic carbocycles. The third-order valence-electron chi connectivity index (χ3n) is 1.59. The highest BCUT2D eigenvalue weighted by molar-refractivity contribution is 6.02. The van der Waals surface area contributed by atoms with Crippen LogP contribution in [0.5, 0.6) is 5.75 Å². The fourth-order valence-corrected chi connectivity index (χ4v) is 0.932. The molecule has 0 bridgehead atoms. The lowest BCUT2D eigenvalue weighted by molar-refractivity contribution is -0.131. The Morgan fingerprint density at radius 1 is 1.31 bits per heavy atom. The molecule has 16 heavy (non-hydrogen) atoms. The molecule has 0 heterocycles. The molecule has 1 amide bonds. The number of halogens is 1. The highest BCUT2D eigenvalue weighted by Gasteiger charge is 2.05. The SMILES string of the molecule is O=C(O)/C=C\C(=O)Nc1ccc(F)cc1O. The second-order valence-electron chi connectivity index (χ2n) is 2.82. The normalized spacial score (nSPS) is 10.3. The zero-order valence-corrected chi connectivity index (χ0v) is 7.98. The van der Waals surface area contributed by atoms with E-state index in [-0.39, 0.29) is 5.69 Å². The summed E-state index contributed by atoms with van der Waals surface area (Å²) in [7, 11) is 0. The maximum absolute atomic E-state index is 12.6. The molecule has 0 atom stereocenters. The first-order chi connectivity index (χ1) is 7.49. The van der Waals surface area contributed by atoms with Crippen LogP contribution in [-0.2, 0) is 9.59 Å². The van der Waals surface area contributed by atoms with Crippen molar-refractivity contribution in [2.45, 2.75) is 0 Å². The first-order valence-electron chi connectivity index (χ1n) is 4.19. The summed E-state index contributed by atoms with van der Waals surface area (Å²) >= 11 is 0. The maximum atomic E-state index is 12.6. The van der Waals surface area contributed by atoms with Crippen molar-refractivity contribution in [2.24, 2.45) is 0 Å². The lowest BCUT2D eigenvalue weighted by atomic mass is 10.3. The van der Waals surface area contributed by atoms with E-state index < -0.39 is 23.4 Å². The number of carboxylic acids is 1. The molecule has 1 aromatic carbocycles. The Kier molecular flexibility index (Phi) is 3.60. The molecule has 0 radical (unpaired) electrons. The summed E-state index contributed by atoms with van der Waals surface area (Å²) < 4.78 is 12.6. The van der Waals surface area contributed by atoms with Crippen LogP contribution in [0.25, 0.3) is 0 Å². The first-order valence-corrected chi connectivity index (χ1v) is 4.19. The van der Waals surface area contributed by atoms with E-state index in [1.54, 1.807) is 0 Å². The second-order valence-corrected chi connectivity index (χ2v) is 2.82. The summed E-state index contributed by atoms with van der Waals surface area (Å²) in [5.41, 5.74) is 0.00133. The molecular weight excluding hydrogens is 217 g/mol. The molecule has 1 aromatic rings. The monoisotopic (exact) mass is 225 g/mol. The number of nitrogens with one attached hydrogen (secondary N) is 1. The van der Waals surface area contributed by atoms with Crippen molar-refractivity contribution in [1.82, 2.24) is 0 Å². The number of carbonyl (C=O) groups is 2. The largest absolute Gasteiger partial charge is 0.506 e. The molecule has 0 aromatic heterocycles. The minimum Gasteiger partial charge on any atom is -0.506 e. The maximum Gasteiger partial charge on any atom is 0.328 e. The van der Waals surface area contributed by atoms with Gasteiger partial charge in [-0.3, -0.25) is 4.79 Å². The Hall–Kier alpha value is -2.37. The van der Waals surface area contributed by atoms with Crippen molar-refractivity contribution < 1.29 is 24.2 Å². The van der Waals surface area contributed by atoms with Gasteiger partial charge >= 0.3 is 5.97 Å². The van der Waals surface area contributed by atoms with Gasteiger partial charge in [-0.2, -0.15) is 0 Å². The van der Waals surface area contributed by atoms with Gasteiger partial charge in [0.2, 0.25) is 5.91 Å². The number of phenols is 1. The van der Waals surface area contributed by atoms with Gasteiger partial charge in [0.1, 0.15) is 11.6 Å². The number of aliphatic carboxylic acids is 1. The summed E-state index contributed by atoms with van der Waals surface area (Å²) in [6.07, 6.45) is 1.43. The molecule has 0 unspecified atom stereocenters. The molecule has 0 spiro atoms. The summed E-state index contributed by atoms with van der Waals surface area (Å²) in [5.74, 6) is -3.07. The molecule has 0 saturated carbocycles. The van der Waals surface area contributed by atoms with Crippen LogP contribution >= 0.6 is 0 Å². The molecule has 0 fully saturated rings. The van der Waals surface area contributed by atoms with Crippen LogP contribution in [-0.4, -0.2) is 22.1 Å². The van der Waals surface area contributed by atoms with Crippen molar-refractivity contribution in [3.63, 3.8) is 0 Å². The Morgan fingerprint density at radius 3 is 2.56 bits per heavy atom. The van der Waals surface area contributed by atoms with Crippen molar-refractivity contribution in [1.29, 1.82) is 0 Å². The van der Waals surface area contributed by atoms with E-state index in [2.05, 4.69) is 5.32 Å². The predicted molar refractivity (Wildman–Crippen MR) is 53.5 cm³/mol. The number of amides is 1. The molecule has 3 N–H and O–H groups in total. The smallest absolute Gasteiger partial charge is 0.328 e. The minimum atomic E-state index is -1.27. The first kappa shape index (κ1) is 11.7. The molecular formula is C10H8FNO4. The Morgan fingerprint density at radius 2 is 2.00 bits per heavy atom. The van der Waals surface area contributed by atoms with E-state index in [1.165, 1.54) is 0 Å². The number of hydrogen-bond acceptors (Lipinski definition) is 3. The van der Waals surface area contributed by atoms with Crippen LogP contribution in [0.2, 0.25) is 0 Å². The van der Waals surface area contributed by atoms with Crippen LogP contribution in [0.3, 0.4) is 0 Å². The lowest BCUT2D eigenvalue weighted by Gasteiger charge is -2.04. The van der Waals surface area contributed by atoms with Gasteiger partial charge in [-0.25, -0.2) is 9.18 Å². The average Bonchev–Trinajstić information content (AvgIpc) is 2.19. The predicted octanol–water partition coefficient (Wildman–Crippen LogP) is 1.11. The van der Waals surface area contributed by atoms with E-state index in [4.69, 9.17) is 5.11 Å². The molecule has 84 valence electrons. The van der Waals surface area contributed by atoms with Gasteiger partial charge < -0.3 is 15.5 Å². The number of carboxylic acid groups (broad SMARTS) is 1. The average molecular weight is 225 g/mol. The molecule has 6 heteroatoms. The van der Waals surface area contributed by atoms with Crippen LogP contribution in [0.1, 0.15) is 0 Å². The molecule has 0 aliphatic rings. The number of carbonyl (C=O) groups excluding carboxylic acids is 1. The zero-order chi connectivity index (χ0) is 12.1. The van der Waals surface area contributed by atoms with E-state index >= 15 is 0 Å². The number of aromatic hydroxyl groups is 1. The third kappa shape index (κ3) is 3.41. The lowest BCUT2D eigenvalue weighted by Crippen LogP contribution is -2.08. The second kappa shape index (κ2) is 4.92. The van der Waals surface area contributed by atoms with Crippen molar-refractivity contribution in [2.75, 3.05) is 5.32 Å². The molecule has 5 nitrogen and oxygen atoms in total. The Balaban J connectivity index is 2.73. The fraction of sp³-hybridized carbons (Fsp3) is 0. The summed E-state index contributed by atoms with van der Waals surface area (Å²) in [4.78, 5) is 21.2. The van der Waals surface area contributed by atoms with Gasteiger partial charge in [-0.1, -0.05) is 0 Å². The van der Waals surface area contributed by atoms with E-state index in [0.29, 0.717) is 6.08 Å². The third-order valence-corrected chi connectivity index (χ3v) is 1.59. The van der Waals surface area contributed by atoms with Crippen LogP contribution in [0.4, 0.5) is 10.1 Å². The summed E-state index contributed by atoms with van der Waals surface area (Å²) in [6.45, 7) is 0. The van der Waals surface area contributed by atoms with Gasteiger partial charge in [0.25, 0.3) is 0 Å². The molecule has 0 aliphatic heterocycles. The quantitative estimate of drug-likeness (QED) is 0.531. The number of hydrogen-bond donors (Lipinski definition) is 3. The van der Waals surface area contributed by atoms with E-state index in [1.807, 2.05) is 0 Å². The number of anilines is 1. The number of benzene rings is 1. The Labute approximate surface area is 89.8 Å². The number of phenolic OH excluding ortho intramolecular Hbond substituents is 1. The Bertz CT molecular complexity index is 456. The van der Waals surface area contributed by atoms with Crippen molar-refractivity contribution in [3.05, 3.63) is 36.2 Å². The standard InChI is InChI=1S/C10H8FNO4/c11-6-1-2-7(8(13)5-6)12-9(14)3-4-10(15)16/h1-5,13H,(H,12,14)(H,15,16)/b4-3-. The topological polar surface area (TPSA) is 86.6 Å². The minimum absolute atomic E-state index is 0.00133. The van der Waals surface area contributed by atoms with Gasteiger partial charge in [-0.15, -0.1) is 0 Å². The van der Waals surface area contributed by atoms with Gasteiger partial charge in [-0.05, 0) is 12.1 Å². The molecule has 0 saturated heterocycles. The summed E-state index contributed by atoms with van der Waals surface area (Å²) in [6, 6.07) is 3.05. The van der Waals surface area contributed by atoms with Crippen LogP contribution in [0, 0.1) is 5.82 Å². The van der Waals surface area contributed by atoms with Crippen LogP contribution in [0.15, 0.2) is 30.4 Å². The number of rotatable bonds is 3. The van der Waals surface area contributed by atoms with Gasteiger partial charge in [0.05, 0.1) is 5.69 Å². The van der Waals surface area contributed by atoms with Gasteiger partial charge in [0, 0.05) is 18.2 Å². The van der Waals surface area contributed by atoms with Crippen LogP contribution < -0.4 is 5.32 Å². The molecule has 1 rings (SSSR count). The summed E-state index contributed by atoms with van der Waals surface area (Å²) in [5, 5.41) is 19.7.